The van der Waals surface area contributed by atoms with E-state index in [4.69, 9.17) is 5.73 Å². The van der Waals surface area contributed by atoms with Crippen molar-refractivity contribution in [2.45, 2.75) is 39.2 Å². The molecule has 0 bridgehead atoms. The zero-order chi connectivity index (χ0) is 14.5. The summed E-state index contributed by atoms with van der Waals surface area (Å²) >= 11 is 0. The largest absolute Gasteiger partial charge is 0.341 e. The van der Waals surface area contributed by atoms with Gasteiger partial charge in [-0.1, -0.05) is 44.2 Å². The third-order valence-corrected chi connectivity index (χ3v) is 4.45. The standard InChI is InChI=1S/C17H26N2O/c1-13(2)14-9-6-11-19(12-10-14)17(20)16(18)15-7-4-3-5-8-15/h3-5,7-8,13-14,16H,6,9-12,18H2,1-2H3/t14?,16-/m1/s1. The summed E-state index contributed by atoms with van der Waals surface area (Å²) in [6.07, 6.45) is 3.42. The predicted octanol–water partition coefficient (Wildman–Crippen LogP) is 2.97. The minimum absolute atomic E-state index is 0.0700. The third kappa shape index (κ3) is 3.60. The van der Waals surface area contributed by atoms with Crippen molar-refractivity contribution in [2.75, 3.05) is 13.1 Å². The van der Waals surface area contributed by atoms with Crippen molar-refractivity contribution in [1.82, 2.24) is 4.90 Å². The summed E-state index contributed by atoms with van der Waals surface area (Å²) in [6.45, 7) is 6.25. The highest BCUT2D eigenvalue weighted by molar-refractivity contribution is 5.83. The molecule has 0 spiro atoms. The van der Waals surface area contributed by atoms with Crippen LogP contribution in [0.1, 0.15) is 44.7 Å². The van der Waals surface area contributed by atoms with Crippen LogP contribution in [0.2, 0.25) is 0 Å². The molecule has 0 aromatic heterocycles. The number of nitrogens with two attached hydrogens (primary N) is 1. The molecule has 1 aromatic rings. The summed E-state index contributed by atoms with van der Waals surface area (Å²) in [7, 11) is 0. The molecule has 110 valence electrons. The van der Waals surface area contributed by atoms with E-state index in [0.29, 0.717) is 5.92 Å². The third-order valence-electron chi connectivity index (χ3n) is 4.45. The highest BCUT2D eigenvalue weighted by Crippen LogP contribution is 2.25. The van der Waals surface area contributed by atoms with Gasteiger partial charge >= 0.3 is 0 Å². The minimum Gasteiger partial charge on any atom is -0.341 e. The van der Waals surface area contributed by atoms with Gasteiger partial charge in [0, 0.05) is 13.1 Å². The van der Waals surface area contributed by atoms with E-state index in [1.807, 2.05) is 35.2 Å². The van der Waals surface area contributed by atoms with Crippen molar-refractivity contribution < 1.29 is 4.79 Å². The first-order chi connectivity index (χ1) is 9.59. The smallest absolute Gasteiger partial charge is 0.244 e. The molecule has 1 amide bonds. The Hall–Kier alpha value is -1.35. The molecule has 20 heavy (non-hydrogen) atoms. The fourth-order valence-electron chi connectivity index (χ4n) is 3.01. The van der Waals surface area contributed by atoms with E-state index < -0.39 is 6.04 Å². The van der Waals surface area contributed by atoms with E-state index in [0.717, 1.165) is 37.4 Å². The Kier molecular flexibility index (Phi) is 5.18. The van der Waals surface area contributed by atoms with Crippen LogP contribution in [-0.2, 0) is 4.79 Å². The maximum atomic E-state index is 12.5. The summed E-state index contributed by atoms with van der Waals surface area (Å²) in [5.74, 6) is 1.51. The number of benzene rings is 1. The summed E-state index contributed by atoms with van der Waals surface area (Å²) < 4.78 is 0. The molecular formula is C17H26N2O. The number of amides is 1. The lowest BCUT2D eigenvalue weighted by Crippen LogP contribution is -2.39. The number of carbonyl (C=O) groups is 1. The SMILES string of the molecule is CC(C)C1CCCN(C(=O)[C@H](N)c2ccccc2)CC1. The van der Waals surface area contributed by atoms with Gasteiger partial charge in [-0.3, -0.25) is 4.79 Å². The Morgan fingerprint density at radius 1 is 1.20 bits per heavy atom. The van der Waals surface area contributed by atoms with Gasteiger partial charge in [0.1, 0.15) is 6.04 Å². The van der Waals surface area contributed by atoms with Crippen LogP contribution in [0.25, 0.3) is 0 Å². The quantitative estimate of drug-likeness (QED) is 0.921. The topological polar surface area (TPSA) is 46.3 Å². The monoisotopic (exact) mass is 274 g/mol. The lowest BCUT2D eigenvalue weighted by molar-refractivity contribution is -0.132. The molecule has 1 heterocycles. The molecule has 1 unspecified atom stereocenters. The van der Waals surface area contributed by atoms with Crippen molar-refractivity contribution in [1.29, 1.82) is 0 Å². The molecule has 3 nitrogen and oxygen atoms in total. The van der Waals surface area contributed by atoms with Gasteiger partial charge in [-0.05, 0) is 36.7 Å². The van der Waals surface area contributed by atoms with Gasteiger partial charge in [-0.15, -0.1) is 0 Å². The summed E-state index contributed by atoms with van der Waals surface area (Å²) in [5.41, 5.74) is 7.03. The van der Waals surface area contributed by atoms with Crippen molar-refractivity contribution >= 4 is 5.91 Å². The van der Waals surface area contributed by atoms with E-state index in [1.165, 1.54) is 6.42 Å². The molecule has 1 aliphatic rings. The Bertz CT molecular complexity index is 430. The van der Waals surface area contributed by atoms with E-state index in [1.54, 1.807) is 0 Å². The number of rotatable bonds is 3. The maximum absolute atomic E-state index is 12.5. The fraction of sp³-hybridized carbons (Fsp3) is 0.588. The zero-order valence-electron chi connectivity index (χ0n) is 12.6. The first-order valence-electron chi connectivity index (χ1n) is 7.69. The number of hydrogen-bond acceptors (Lipinski definition) is 2. The Morgan fingerprint density at radius 2 is 1.90 bits per heavy atom. The van der Waals surface area contributed by atoms with Crippen LogP contribution in [0.15, 0.2) is 30.3 Å². The first-order valence-corrected chi connectivity index (χ1v) is 7.69. The van der Waals surface area contributed by atoms with Crippen LogP contribution < -0.4 is 5.73 Å². The van der Waals surface area contributed by atoms with E-state index >= 15 is 0 Å². The van der Waals surface area contributed by atoms with Gasteiger partial charge in [0.05, 0.1) is 0 Å². The minimum atomic E-state index is -0.521. The van der Waals surface area contributed by atoms with Gasteiger partial charge in [0.25, 0.3) is 0 Å². The second-order valence-electron chi connectivity index (χ2n) is 6.15. The predicted molar refractivity (Wildman–Crippen MR) is 82.1 cm³/mol. The van der Waals surface area contributed by atoms with Gasteiger partial charge in [0.2, 0.25) is 5.91 Å². The van der Waals surface area contributed by atoms with Gasteiger partial charge < -0.3 is 10.6 Å². The highest BCUT2D eigenvalue weighted by atomic mass is 16.2. The van der Waals surface area contributed by atoms with E-state index in [9.17, 15) is 4.79 Å². The summed E-state index contributed by atoms with van der Waals surface area (Å²) in [4.78, 5) is 14.5. The Labute approximate surface area is 122 Å². The lowest BCUT2D eigenvalue weighted by Gasteiger charge is -2.24. The van der Waals surface area contributed by atoms with E-state index in [2.05, 4.69) is 13.8 Å². The van der Waals surface area contributed by atoms with Crippen LogP contribution in [0.5, 0.6) is 0 Å². The van der Waals surface area contributed by atoms with Gasteiger partial charge in [0.15, 0.2) is 0 Å². The molecule has 0 saturated carbocycles. The molecule has 1 fully saturated rings. The second kappa shape index (κ2) is 6.89. The fourth-order valence-corrected chi connectivity index (χ4v) is 3.01. The van der Waals surface area contributed by atoms with Gasteiger partial charge in [-0.25, -0.2) is 0 Å². The summed E-state index contributed by atoms with van der Waals surface area (Å²) in [6, 6.07) is 9.14. The maximum Gasteiger partial charge on any atom is 0.244 e. The average molecular weight is 274 g/mol. The van der Waals surface area contributed by atoms with Crippen LogP contribution in [-0.4, -0.2) is 23.9 Å². The molecule has 2 N–H and O–H groups in total. The number of carbonyl (C=O) groups excluding carboxylic acids is 1. The molecular weight excluding hydrogens is 248 g/mol. The molecule has 0 radical (unpaired) electrons. The van der Waals surface area contributed by atoms with Crippen LogP contribution in [0.3, 0.4) is 0 Å². The van der Waals surface area contributed by atoms with Gasteiger partial charge in [-0.2, -0.15) is 0 Å². The van der Waals surface area contributed by atoms with Crippen molar-refractivity contribution in [3.8, 4) is 0 Å². The average Bonchev–Trinajstić information content (AvgIpc) is 2.72. The van der Waals surface area contributed by atoms with E-state index in [-0.39, 0.29) is 5.91 Å². The number of likely N-dealkylation sites (tertiary alicyclic amines) is 1. The lowest BCUT2D eigenvalue weighted by atomic mass is 9.89. The van der Waals surface area contributed by atoms with Crippen molar-refractivity contribution in [2.24, 2.45) is 17.6 Å². The second-order valence-corrected chi connectivity index (χ2v) is 6.15. The summed E-state index contributed by atoms with van der Waals surface area (Å²) in [5, 5.41) is 0. The Morgan fingerprint density at radius 3 is 2.55 bits per heavy atom. The molecule has 3 heteroatoms. The molecule has 2 atom stereocenters. The van der Waals surface area contributed by atoms with Crippen molar-refractivity contribution in [3.63, 3.8) is 0 Å². The number of nitrogens with zero attached hydrogens (tertiary/aromatic N) is 1. The molecule has 2 rings (SSSR count). The molecule has 1 aliphatic heterocycles. The zero-order valence-corrected chi connectivity index (χ0v) is 12.6. The Balaban J connectivity index is 1.99. The normalized spacial score (nSPS) is 21.6. The van der Waals surface area contributed by atoms with Crippen LogP contribution in [0, 0.1) is 11.8 Å². The highest BCUT2D eigenvalue weighted by Gasteiger charge is 2.26. The van der Waals surface area contributed by atoms with Crippen molar-refractivity contribution in [3.05, 3.63) is 35.9 Å². The van der Waals surface area contributed by atoms with Crippen LogP contribution in [0.4, 0.5) is 0 Å². The molecule has 1 aromatic carbocycles. The molecule has 0 aliphatic carbocycles. The number of hydrogen-bond donors (Lipinski definition) is 1. The van der Waals surface area contributed by atoms with Crippen LogP contribution >= 0.6 is 0 Å². The molecule has 1 saturated heterocycles. The first kappa shape index (κ1) is 15.0.